The monoisotopic (exact) mass is 496 g/mol. The second-order valence-electron chi connectivity index (χ2n) is 9.52. The fourth-order valence-corrected chi connectivity index (χ4v) is 5.04. The molecule has 190 valence electrons. The van der Waals surface area contributed by atoms with Crippen LogP contribution in [0.15, 0.2) is 79.1 Å². The Labute approximate surface area is 217 Å². The number of hydrogen-bond acceptors (Lipinski definition) is 4. The van der Waals surface area contributed by atoms with Crippen LogP contribution in [0.5, 0.6) is 5.75 Å². The molecule has 0 bridgehead atoms. The maximum absolute atomic E-state index is 13.5. The number of aryl methyl sites for hydroxylation is 1. The number of piperazine rings is 1. The van der Waals surface area contributed by atoms with Crippen LogP contribution in [0.4, 0.5) is 0 Å². The van der Waals surface area contributed by atoms with Crippen molar-refractivity contribution in [3.8, 4) is 5.75 Å². The summed E-state index contributed by atoms with van der Waals surface area (Å²) in [5.41, 5.74) is 5.01. The van der Waals surface area contributed by atoms with Crippen LogP contribution in [0.25, 0.3) is 5.65 Å². The van der Waals surface area contributed by atoms with Crippen molar-refractivity contribution in [1.82, 2.24) is 19.2 Å². The van der Waals surface area contributed by atoms with E-state index in [4.69, 9.17) is 9.72 Å². The minimum Gasteiger partial charge on any atom is -0.485 e. The third-order valence-corrected chi connectivity index (χ3v) is 7.14. The molecule has 0 spiro atoms. The van der Waals surface area contributed by atoms with Gasteiger partial charge in [-0.2, -0.15) is 0 Å². The molecule has 3 heterocycles. The van der Waals surface area contributed by atoms with Crippen molar-refractivity contribution in [2.75, 3.05) is 26.2 Å². The number of imidazole rings is 1. The molecule has 1 aliphatic rings. The summed E-state index contributed by atoms with van der Waals surface area (Å²) in [5.74, 6) is 0.676. The molecule has 0 aliphatic carbocycles. The lowest BCUT2D eigenvalue weighted by Crippen LogP contribution is -2.50. The normalized spacial score (nSPS) is 14.5. The first-order valence-electron chi connectivity index (χ1n) is 12.7. The number of aromatic nitrogens is 2. The molecule has 7 heteroatoms. The molecule has 4 aromatic rings. The van der Waals surface area contributed by atoms with Gasteiger partial charge in [-0.05, 0) is 35.7 Å². The summed E-state index contributed by atoms with van der Waals surface area (Å²) in [6, 6.07) is 22.1. The van der Waals surface area contributed by atoms with Crippen LogP contribution in [0.1, 0.15) is 41.6 Å². The molecule has 0 saturated carbocycles. The molecule has 1 aliphatic heterocycles. The Morgan fingerprint density at radius 1 is 0.919 bits per heavy atom. The number of fused-ring (bicyclic) bond motifs is 1. The third-order valence-electron chi connectivity index (χ3n) is 7.14. The summed E-state index contributed by atoms with van der Waals surface area (Å²) in [4.78, 5) is 33.6. The fourth-order valence-electron chi connectivity index (χ4n) is 5.04. The molecule has 1 atom stereocenters. The highest BCUT2D eigenvalue weighted by Crippen LogP contribution is 2.33. The average Bonchev–Trinajstić information content (AvgIpc) is 3.36. The van der Waals surface area contributed by atoms with Gasteiger partial charge in [-0.15, -0.1) is 0 Å². The molecule has 1 saturated heterocycles. The van der Waals surface area contributed by atoms with Gasteiger partial charge in [0.05, 0.1) is 5.69 Å². The number of pyridine rings is 1. The van der Waals surface area contributed by atoms with Crippen LogP contribution in [0.3, 0.4) is 0 Å². The number of nitrogens with zero attached hydrogens (tertiary/aromatic N) is 4. The first-order chi connectivity index (χ1) is 18.0. The molecular weight excluding hydrogens is 464 g/mol. The lowest BCUT2D eigenvalue weighted by atomic mass is 9.89. The van der Waals surface area contributed by atoms with E-state index in [-0.39, 0.29) is 17.7 Å². The highest BCUT2D eigenvalue weighted by molar-refractivity contribution is 5.79. The summed E-state index contributed by atoms with van der Waals surface area (Å²) < 4.78 is 8.18. The lowest BCUT2D eigenvalue weighted by Gasteiger charge is -2.35. The van der Waals surface area contributed by atoms with Crippen molar-refractivity contribution >= 4 is 17.5 Å². The van der Waals surface area contributed by atoms with Crippen LogP contribution >= 0.6 is 0 Å². The number of rotatable bonds is 7. The standard InChI is InChI=1S/C30H32N4O3/c1-22-9-6-7-12-25(22)26(19-29(36)33-17-15-32(16-18-33)23(2)35)27-20-31-30-28(13-8-14-34(27)30)37-21-24-10-4-3-5-11-24/h3-14,20,26H,15-19,21H2,1-2H3. The quantitative estimate of drug-likeness (QED) is 0.380. The minimum atomic E-state index is -0.168. The van der Waals surface area contributed by atoms with E-state index in [0.717, 1.165) is 28.0 Å². The fraction of sp³-hybridized carbons (Fsp3) is 0.300. The number of hydrogen-bond donors (Lipinski definition) is 0. The van der Waals surface area contributed by atoms with E-state index in [1.54, 1.807) is 11.8 Å². The second kappa shape index (κ2) is 10.9. The summed E-state index contributed by atoms with van der Waals surface area (Å²) in [7, 11) is 0. The van der Waals surface area contributed by atoms with E-state index in [9.17, 15) is 9.59 Å². The van der Waals surface area contributed by atoms with E-state index in [1.807, 2.05) is 76.3 Å². The van der Waals surface area contributed by atoms with Crippen molar-refractivity contribution < 1.29 is 14.3 Å². The first-order valence-corrected chi connectivity index (χ1v) is 12.7. The molecule has 5 rings (SSSR count). The summed E-state index contributed by atoms with van der Waals surface area (Å²) in [6.07, 6.45) is 4.17. The van der Waals surface area contributed by atoms with Gasteiger partial charge in [0, 0.05) is 57.8 Å². The Morgan fingerprint density at radius 2 is 1.62 bits per heavy atom. The second-order valence-corrected chi connectivity index (χ2v) is 9.52. The number of amides is 2. The van der Waals surface area contributed by atoms with Crippen molar-refractivity contribution in [2.45, 2.75) is 32.8 Å². The van der Waals surface area contributed by atoms with Crippen LogP contribution in [0.2, 0.25) is 0 Å². The van der Waals surface area contributed by atoms with Crippen molar-refractivity contribution in [1.29, 1.82) is 0 Å². The Balaban J connectivity index is 1.43. The van der Waals surface area contributed by atoms with Gasteiger partial charge in [0.15, 0.2) is 11.4 Å². The lowest BCUT2D eigenvalue weighted by molar-refractivity contribution is -0.138. The number of benzene rings is 2. The van der Waals surface area contributed by atoms with E-state index in [2.05, 4.69) is 19.1 Å². The highest BCUT2D eigenvalue weighted by Gasteiger charge is 2.28. The SMILES string of the molecule is CC(=O)N1CCN(C(=O)CC(c2ccccc2C)c2cnc3c(OCc4ccccc4)cccn23)CC1. The average molecular weight is 497 g/mol. The Morgan fingerprint density at radius 3 is 2.35 bits per heavy atom. The van der Waals surface area contributed by atoms with Crippen molar-refractivity contribution in [3.63, 3.8) is 0 Å². The molecule has 2 amide bonds. The highest BCUT2D eigenvalue weighted by atomic mass is 16.5. The van der Waals surface area contributed by atoms with Crippen molar-refractivity contribution in [2.24, 2.45) is 0 Å². The number of carbonyl (C=O) groups excluding carboxylic acids is 2. The maximum atomic E-state index is 13.5. The van der Waals surface area contributed by atoms with Gasteiger partial charge in [0.1, 0.15) is 6.61 Å². The zero-order chi connectivity index (χ0) is 25.8. The predicted octanol–water partition coefficient (Wildman–Crippen LogP) is 4.43. The number of carbonyl (C=O) groups is 2. The van der Waals surface area contributed by atoms with Gasteiger partial charge in [0.2, 0.25) is 11.8 Å². The molecule has 0 N–H and O–H groups in total. The Bertz CT molecular complexity index is 1390. The largest absolute Gasteiger partial charge is 0.485 e. The van der Waals surface area contributed by atoms with Gasteiger partial charge in [0.25, 0.3) is 0 Å². The molecule has 1 unspecified atom stereocenters. The molecule has 7 nitrogen and oxygen atoms in total. The van der Waals surface area contributed by atoms with Gasteiger partial charge < -0.3 is 18.9 Å². The summed E-state index contributed by atoms with van der Waals surface area (Å²) in [6.45, 7) is 6.38. The summed E-state index contributed by atoms with van der Waals surface area (Å²) in [5, 5.41) is 0. The smallest absolute Gasteiger partial charge is 0.223 e. The molecule has 2 aromatic heterocycles. The molecule has 2 aromatic carbocycles. The zero-order valence-corrected chi connectivity index (χ0v) is 21.3. The third kappa shape index (κ3) is 5.35. The zero-order valence-electron chi connectivity index (χ0n) is 21.3. The topological polar surface area (TPSA) is 67.2 Å². The first kappa shape index (κ1) is 24.6. The van der Waals surface area contributed by atoms with Crippen LogP contribution in [-0.2, 0) is 16.2 Å². The van der Waals surface area contributed by atoms with Crippen LogP contribution < -0.4 is 4.74 Å². The summed E-state index contributed by atoms with van der Waals surface area (Å²) >= 11 is 0. The number of ether oxygens (including phenoxy) is 1. The van der Waals surface area contributed by atoms with E-state index in [0.29, 0.717) is 45.0 Å². The molecule has 1 fully saturated rings. The van der Waals surface area contributed by atoms with Crippen LogP contribution in [0, 0.1) is 6.92 Å². The predicted molar refractivity (Wildman–Crippen MR) is 142 cm³/mol. The van der Waals surface area contributed by atoms with E-state index in [1.165, 1.54) is 0 Å². The maximum Gasteiger partial charge on any atom is 0.223 e. The van der Waals surface area contributed by atoms with Crippen molar-refractivity contribution in [3.05, 3.63) is 102 Å². The molecule has 37 heavy (non-hydrogen) atoms. The Hall–Kier alpha value is -4.13. The van der Waals surface area contributed by atoms with E-state index < -0.39 is 0 Å². The van der Waals surface area contributed by atoms with Gasteiger partial charge in [-0.3, -0.25) is 9.59 Å². The molecular formula is C30H32N4O3. The van der Waals surface area contributed by atoms with Gasteiger partial charge >= 0.3 is 0 Å². The van der Waals surface area contributed by atoms with Gasteiger partial charge in [-0.1, -0.05) is 54.6 Å². The molecule has 0 radical (unpaired) electrons. The van der Waals surface area contributed by atoms with Gasteiger partial charge in [-0.25, -0.2) is 4.98 Å². The van der Waals surface area contributed by atoms with E-state index >= 15 is 0 Å². The Kier molecular flexibility index (Phi) is 7.21. The van der Waals surface area contributed by atoms with Crippen LogP contribution in [-0.4, -0.2) is 57.2 Å². The minimum absolute atomic E-state index is 0.0564.